The van der Waals surface area contributed by atoms with Crippen LogP contribution in [0.1, 0.15) is 31.4 Å². The molecular weight excluding hydrogens is 394 g/mol. The zero-order chi connectivity index (χ0) is 21.8. The molecule has 1 amide bonds. The smallest absolute Gasteiger partial charge is 0.225 e. The number of piperidine rings is 1. The number of hydrogen-bond donors (Lipinski definition) is 1. The van der Waals surface area contributed by atoms with Gasteiger partial charge in [0.15, 0.2) is 17.1 Å². The SMILES string of the molecule is COc1ccc([C@@H](C)NC(=O)[C@@H]2CCCN(c3cnc4nccnc4c3)C2)cc1OC. The number of carbonyl (C=O) groups excluding carboxylic acids is 1. The Kier molecular flexibility index (Phi) is 6.16. The quantitative estimate of drug-likeness (QED) is 0.654. The van der Waals surface area contributed by atoms with Gasteiger partial charge in [0.1, 0.15) is 5.52 Å². The molecule has 1 N–H and O–H groups in total. The van der Waals surface area contributed by atoms with E-state index in [2.05, 4.69) is 25.2 Å². The maximum atomic E-state index is 13.0. The number of nitrogens with one attached hydrogen (secondary N) is 1. The number of anilines is 1. The van der Waals surface area contributed by atoms with Gasteiger partial charge in [-0.1, -0.05) is 6.07 Å². The van der Waals surface area contributed by atoms with Crippen molar-refractivity contribution >= 4 is 22.8 Å². The van der Waals surface area contributed by atoms with Gasteiger partial charge in [-0.3, -0.25) is 9.78 Å². The Morgan fingerprint density at radius 3 is 2.74 bits per heavy atom. The number of methoxy groups -OCH3 is 2. The largest absolute Gasteiger partial charge is 0.493 e. The van der Waals surface area contributed by atoms with Crippen molar-refractivity contribution in [2.24, 2.45) is 5.92 Å². The van der Waals surface area contributed by atoms with Gasteiger partial charge in [-0.2, -0.15) is 0 Å². The number of ether oxygens (including phenoxy) is 2. The summed E-state index contributed by atoms with van der Waals surface area (Å²) in [7, 11) is 3.21. The molecule has 2 atom stereocenters. The molecule has 0 spiro atoms. The molecule has 2 aromatic heterocycles. The standard InChI is InChI=1S/C23H27N5O3/c1-15(16-6-7-20(30-2)21(11-16)31-3)27-23(29)17-5-4-10-28(14-17)18-12-19-22(26-13-18)25-9-8-24-19/h6-9,11-13,15,17H,4-5,10,14H2,1-3H3,(H,27,29)/t15-,17-/m1/s1. The Morgan fingerprint density at radius 2 is 1.94 bits per heavy atom. The molecule has 1 saturated heterocycles. The van der Waals surface area contributed by atoms with E-state index in [1.807, 2.05) is 37.4 Å². The molecule has 0 radical (unpaired) electrons. The van der Waals surface area contributed by atoms with Crippen LogP contribution in [0.2, 0.25) is 0 Å². The number of nitrogens with zero attached hydrogens (tertiary/aromatic N) is 4. The first kappa shape index (κ1) is 20.8. The van der Waals surface area contributed by atoms with Crippen molar-refractivity contribution in [2.75, 3.05) is 32.2 Å². The molecule has 0 unspecified atom stereocenters. The maximum Gasteiger partial charge on any atom is 0.225 e. The van der Waals surface area contributed by atoms with Crippen molar-refractivity contribution < 1.29 is 14.3 Å². The fourth-order valence-corrected chi connectivity index (χ4v) is 3.98. The van der Waals surface area contributed by atoms with Gasteiger partial charge in [-0.05, 0) is 43.5 Å². The lowest BCUT2D eigenvalue weighted by molar-refractivity contribution is -0.125. The van der Waals surface area contributed by atoms with Crippen LogP contribution in [0.5, 0.6) is 11.5 Å². The van der Waals surface area contributed by atoms with Crippen molar-refractivity contribution in [1.29, 1.82) is 0 Å². The van der Waals surface area contributed by atoms with Crippen molar-refractivity contribution in [3.8, 4) is 11.5 Å². The van der Waals surface area contributed by atoms with Crippen LogP contribution < -0.4 is 19.7 Å². The first-order valence-corrected chi connectivity index (χ1v) is 10.4. The minimum Gasteiger partial charge on any atom is -0.493 e. The zero-order valence-corrected chi connectivity index (χ0v) is 18.0. The monoisotopic (exact) mass is 421 g/mol. The summed E-state index contributed by atoms with van der Waals surface area (Å²) in [5.41, 5.74) is 3.32. The highest BCUT2D eigenvalue weighted by molar-refractivity contribution is 5.80. The second-order valence-electron chi connectivity index (χ2n) is 7.72. The summed E-state index contributed by atoms with van der Waals surface area (Å²) in [4.78, 5) is 28.2. The molecule has 1 fully saturated rings. The fourth-order valence-electron chi connectivity index (χ4n) is 3.98. The van der Waals surface area contributed by atoms with E-state index in [-0.39, 0.29) is 17.9 Å². The number of benzene rings is 1. The van der Waals surface area contributed by atoms with Gasteiger partial charge in [0.25, 0.3) is 0 Å². The lowest BCUT2D eigenvalue weighted by atomic mass is 9.96. The normalized spacial score (nSPS) is 17.3. The van der Waals surface area contributed by atoms with Gasteiger partial charge >= 0.3 is 0 Å². The van der Waals surface area contributed by atoms with Crippen molar-refractivity contribution in [1.82, 2.24) is 20.3 Å². The van der Waals surface area contributed by atoms with E-state index in [1.165, 1.54) is 0 Å². The molecule has 31 heavy (non-hydrogen) atoms. The Balaban J connectivity index is 1.43. The van der Waals surface area contributed by atoms with E-state index in [4.69, 9.17) is 9.47 Å². The average molecular weight is 422 g/mol. The summed E-state index contributed by atoms with van der Waals surface area (Å²) < 4.78 is 10.7. The Labute approximate surface area is 181 Å². The second-order valence-corrected chi connectivity index (χ2v) is 7.72. The molecule has 4 rings (SSSR count). The molecule has 0 bridgehead atoms. The Bertz CT molecular complexity index is 1070. The molecule has 0 saturated carbocycles. The molecule has 1 aromatic carbocycles. The van der Waals surface area contributed by atoms with Crippen LogP contribution >= 0.6 is 0 Å². The third-order valence-electron chi connectivity index (χ3n) is 5.73. The van der Waals surface area contributed by atoms with Crippen molar-refractivity contribution in [3.63, 3.8) is 0 Å². The van der Waals surface area contributed by atoms with Gasteiger partial charge in [-0.15, -0.1) is 0 Å². The van der Waals surface area contributed by atoms with Crippen molar-refractivity contribution in [3.05, 3.63) is 48.4 Å². The van der Waals surface area contributed by atoms with Crippen LogP contribution in [0.3, 0.4) is 0 Å². The highest BCUT2D eigenvalue weighted by Crippen LogP contribution is 2.30. The summed E-state index contributed by atoms with van der Waals surface area (Å²) in [6.07, 6.45) is 6.92. The predicted molar refractivity (Wildman–Crippen MR) is 118 cm³/mol. The fraction of sp³-hybridized carbons (Fsp3) is 0.391. The van der Waals surface area contributed by atoms with Gasteiger partial charge in [0.05, 0.1) is 38.1 Å². The van der Waals surface area contributed by atoms with Gasteiger partial charge in [0, 0.05) is 25.5 Å². The first-order valence-electron chi connectivity index (χ1n) is 10.4. The topological polar surface area (TPSA) is 89.5 Å². The van der Waals surface area contributed by atoms with E-state index in [0.29, 0.717) is 23.7 Å². The third-order valence-corrected chi connectivity index (χ3v) is 5.73. The summed E-state index contributed by atoms with van der Waals surface area (Å²) in [5.74, 6) is 1.28. The number of aromatic nitrogens is 3. The van der Waals surface area contributed by atoms with Crippen LogP contribution in [-0.2, 0) is 4.79 Å². The molecule has 162 valence electrons. The second kappa shape index (κ2) is 9.16. The molecule has 8 nitrogen and oxygen atoms in total. The molecule has 1 aliphatic heterocycles. The number of amides is 1. The number of fused-ring (bicyclic) bond motifs is 1. The molecule has 8 heteroatoms. The van der Waals surface area contributed by atoms with E-state index in [0.717, 1.165) is 36.2 Å². The van der Waals surface area contributed by atoms with Gasteiger partial charge in [-0.25, -0.2) is 9.97 Å². The number of carbonyl (C=O) groups is 1. The zero-order valence-electron chi connectivity index (χ0n) is 18.0. The van der Waals surface area contributed by atoms with Crippen LogP contribution in [0.15, 0.2) is 42.9 Å². The predicted octanol–water partition coefficient (Wildman–Crippen LogP) is 3.14. The van der Waals surface area contributed by atoms with E-state index >= 15 is 0 Å². The summed E-state index contributed by atoms with van der Waals surface area (Å²) in [6, 6.07) is 7.55. The molecule has 0 aliphatic carbocycles. The number of rotatable bonds is 6. The summed E-state index contributed by atoms with van der Waals surface area (Å²) in [6.45, 7) is 3.52. The minimum absolute atomic E-state index is 0.0560. The van der Waals surface area contributed by atoms with Crippen molar-refractivity contribution in [2.45, 2.75) is 25.8 Å². The number of hydrogen-bond acceptors (Lipinski definition) is 7. The van der Waals surface area contributed by atoms with Crippen LogP contribution in [0, 0.1) is 5.92 Å². The molecule has 1 aliphatic rings. The lowest BCUT2D eigenvalue weighted by Crippen LogP contribution is -2.43. The third kappa shape index (κ3) is 4.52. The van der Waals surface area contributed by atoms with E-state index < -0.39 is 0 Å². The van der Waals surface area contributed by atoms with Crippen LogP contribution in [-0.4, -0.2) is 48.2 Å². The number of pyridine rings is 1. The van der Waals surface area contributed by atoms with E-state index in [1.54, 1.807) is 26.6 Å². The van der Waals surface area contributed by atoms with Crippen LogP contribution in [0.4, 0.5) is 5.69 Å². The Hall–Kier alpha value is -3.42. The molecule has 3 heterocycles. The van der Waals surface area contributed by atoms with Crippen LogP contribution in [0.25, 0.3) is 11.2 Å². The Morgan fingerprint density at radius 1 is 1.13 bits per heavy atom. The highest BCUT2D eigenvalue weighted by Gasteiger charge is 2.27. The summed E-state index contributed by atoms with van der Waals surface area (Å²) >= 11 is 0. The van der Waals surface area contributed by atoms with Gasteiger partial charge in [0.2, 0.25) is 5.91 Å². The highest BCUT2D eigenvalue weighted by atomic mass is 16.5. The average Bonchev–Trinajstić information content (AvgIpc) is 2.83. The first-order chi connectivity index (χ1) is 15.1. The summed E-state index contributed by atoms with van der Waals surface area (Å²) in [5, 5.41) is 3.16. The van der Waals surface area contributed by atoms with E-state index in [9.17, 15) is 4.79 Å². The molecular formula is C23H27N5O3. The molecule has 3 aromatic rings. The lowest BCUT2D eigenvalue weighted by Gasteiger charge is -2.34. The maximum absolute atomic E-state index is 13.0. The minimum atomic E-state index is -0.139. The van der Waals surface area contributed by atoms with Gasteiger partial charge < -0.3 is 19.7 Å².